The quantitative estimate of drug-likeness (QED) is 0.128. The predicted molar refractivity (Wildman–Crippen MR) is 126 cm³/mol. The molecule has 176 valence electrons. The normalized spacial score (nSPS) is 10.8. The maximum atomic E-state index is 8.25. The van der Waals surface area contributed by atoms with E-state index in [0.717, 1.165) is 0 Å². The van der Waals surface area contributed by atoms with Gasteiger partial charge in [0.05, 0.1) is 24.7 Å². The number of hydrogen-bond acceptors (Lipinski definition) is 3. The molecule has 0 heterocycles. The Morgan fingerprint density at radius 3 is 0.931 bits per heavy atom. The van der Waals surface area contributed by atoms with Crippen LogP contribution in [0.4, 0.5) is 0 Å². The van der Waals surface area contributed by atoms with Crippen LogP contribution >= 0.6 is 0 Å². The Hall–Kier alpha value is -0.840. The largest absolute Gasteiger partial charge is 0.356 e. The molecule has 0 saturated carbocycles. The molecular formula is C24H52N2O3. The third-order valence-electron chi connectivity index (χ3n) is 5.65. The van der Waals surface area contributed by atoms with Crippen LogP contribution in [0.25, 0.3) is 0 Å². The summed E-state index contributed by atoms with van der Waals surface area (Å²) in [7, 11) is 0. The van der Waals surface area contributed by atoms with Crippen molar-refractivity contribution in [3.8, 4) is 0 Å². The van der Waals surface area contributed by atoms with E-state index in [-0.39, 0.29) is 0 Å². The first-order valence-corrected chi connectivity index (χ1v) is 12.7. The van der Waals surface area contributed by atoms with Crippen LogP contribution in [0.1, 0.15) is 136 Å². The summed E-state index contributed by atoms with van der Waals surface area (Å²) in [6, 6.07) is 0. The Balaban J connectivity index is 0. The van der Waals surface area contributed by atoms with Crippen molar-refractivity contribution in [2.24, 2.45) is 0 Å². The van der Waals surface area contributed by atoms with E-state index in [0.29, 0.717) is 0 Å². The first kappa shape index (κ1) is 30.4. The summed E-state index contributed by atoms with van der Waals surface area (Å²) in [5.74, 6) is 0. The van der Waals surface area contributed by atoms with Crippen LogP contribution in [0.5, 0.6) is 0 Å². The standard InChI is InChI=1S/C24H51N.NO3/c1-4-7-10-13-16-19-22-25(23-20-17-14-11-8-5-2)24-21-18-15-12-9-6-3;2-1(3)4/h4-24H2,1-3H3;/q;-1/p+1. The molecule has 0 bridgehead atoms. The SMILES string of the molecule is CCCCCCCC[NH+](CCCCCCCC)CCCCCCCC.O=[N+]([O-])[O-]. The van der Waals surface area contributed by atoms with Crippen molar-refractivity contribution < 1.29 is 9.99 Å². The summed E-state index contributed by atoms with van der Waals surface area (Å²) in [4.78, 5) is 10.2. The van der Waals surface area contributed by atoms with Crippen LogP contribution in [0.3, 0.4) is 0 Å². The second-order valence-electron chi connectivity index (χ2n) is 8.53. The molecule has 0 fully saturated rings. The summed E-state index contributed by atoms with van der Waals surface area (Å²) in [5.41, 5.74) is 0. The average Bonchev–Trinajstić information content (AvgIpc) is 2.68. The van der Waals surface area contributed by atoms with Gasteiger partial charge in [0.15, 0.2) is 0 Å². The minimum absolute atomic E-state index is 1.37. The van der Waals surface area contributed by atoms with Gasteiger partial charge in [-0.2, -0.15) is 0 Å². The molecule has 0 unspecified atom stereocenters. The zero-order valence-corrected chi connectivity index (χ0v) is 20.0. The molecule has 0 saturated heterocycles. The van der Waals surface area contributed by atoms with Crippen LogP contribution in [-0.4, -0.2) is 24.7 Å². The lowest BCUT2D eigenvalue weighted by Crippen LogP contribution is -3.12. The molecule has 5 nitrogen and oxygen atoms in total. The monoisotopic (exact) mass is 416 g/mol. The highest BCUT2D eigenvalue weighted by Crippen LogP contribution is 2.06. The van der Waals surface area contributed by atoms with Crippen LogP contribution in [0, 0.1) is 15.3 Å². The summed E-state index contributed by atoms with van der Waals surface area (Å²) < 4.78 is 0. The van der Waals surface area contributed by atoms with E-state index >= 15 is 0 Å². The van der Waals surface area contributed by atoms with Gasteiger partial charge in [-0.25, -0.2) is 0 Å². The predicted octanol–water partition coefficient (Wildman–Crippen LogP) is 6.71. The number of hydrogen-bond donors (Lipinski definition) is 1. The Kier molecular flexibility index (Phi) is 28.4. The third-order valence-corrected chi connectivity index (χ3v) is 5.65. The van der Waals surface area contributed by atoms with E-state index in [1.807, 2.05) is 4.90 Å². The zero-order valence-electron chi connectivity index (χ0n) is 20.0. The number of nitrogens with zero attached hydrogens (tertiary/aromatic N) is 1. The smallest absolute Gasteiger partial charge is 0.0770 e. The lowest BCUT2D eigenvalue weighted by atomic mass is 10.1. The van der Waals surface area contributed by atoms with Gasteiger partial charge >= 0.3 is 0 Å². The molecule has 0 aromatic carbocycles. The van der Waals surface area contributed by atoms with Gasteiger partial charge in [-0.3, -0.25) is 0 Å². The van der Waals surface area contributed by atoms with Gasteiger partial charge in [0.1, 0.15) is 0 Å². The fraction of sp³-hybridized carbons (Fsp3) is 1.00. The lowest BCUT2D eigenvalue weighted by Gasteiger charge is -2.19. The zero-order chi connectivity index (χ0) is 22.0. The van der Waals surface area contributed by atoms with Gasteiger partial charge in [0, 0.05) is 0 Å². The van der Waals surface area contributed by atoms with E-state index in [2.05, 4.69) is 20.8 Å². The fourth-order valence-electron chi connectivity index (χ4n) is 3.84. The molecule has 0 amide bonds. The van der Waals surface area contributed by atoms with Crippen LogP contribution < -0.4 is 4.90 Å². The molecule has 29 heavy (non-hydrogen) atoms. The molecule has 0 radical (unpaired) electrons. The fourth-order valence-corrected chi connectivity index (χ4v) is 3.84. The molecule has 0 aromatic heterocycles. The van der Waals surface area contributed by atoms with Crippen molar-refractivity contribution >= 4 is 0 Å². The molecule has 5 heteroatoms. The molecule has 0 aromatic rings. The van der Waals surface area contributed by atoms with Crippen LogP contribution in [0.2, 0.25) is 0 Å². The van der Waals surface area contributed by atoms with Crippen molar-refractivity contribution in [2.75, 3.05) is 19.6 Å². The number of nitrogens with one attached hydrogen (secondary N) is 1. The highest BCUT2D eigenvalue weighted by atomic mass is 16.9. The molecule has 0 rings (SSSR count). The van der Waals surface area contributed by atoms with Crippen LogP contribution in [-0.2, 0) is 0 Å². The number of rotatable bonds is 21. The lowest BCUT2D eigenvalue weighted by molar-refractivity contribution is -0.900. The molecule has 0 aliphatic heterocycles. The van der Waals surface area contributed by atoms with Crippen molar-refractivity contribution in [3.63, 3.8) is 0 Å². The van der Waals surface area contributed by atoms with Gasteiger partial charge in [-0.15, -0.1) is 0 Å². The molecular weight excluding hydrogens is 364 g/mol. The summed E-state index contributed by atoms with van der Waals surface area (Å²) in [6.45, 7) is 11.3. The van der Waals surface area contributed by atoms with E-state index in [1.165, 1.54) is 135 Å². The molecule has 0 spiro atoms. The number of unbranched alkanes of at least 4 members (excludes halogenated alkanes) is 15. The molecule has 1 N–H and O–H groups in total. The summed E-state index contributed by atoms with van der Waals surface area (Å²) in [6.07, 6.45) is 26.0. The second kappa shape index (κ2) is 27.2. The van der Waals surface area contributed by atoms with Gasteiger partial charge in [0.25, 0.3) is 0 Å². The maximum absolute atomic E-state index is 8.25. The highest BCUT2D eigenvalue weighted by molar-refractivity contribution is 4.47. The molecule has 0 aliphatic rings. The minimum atomic E-state index is -1.75. The first-order valence-electron chi connectivity index (χ1n) is 12.7. The highest BCUT2D eigenvalue weighted by Gasteiger charge is 2.08. The van der Waals surface area contributed by atoms with E-state index < -0.39 is 5.09 Å². The third kappa shape index (κ3) is 32.1. The van der Waals surface area contributed by atoms with Gasteiger partial charge in [-0.1, -0.05) is 97.8 Å². The van der Waals surface area contributed by atoms with Crippen molar-refractivity contribution in [1.82, 2.24) is 0 Å². The van der Waals surface area contributed by atoms with Crippen LogP contribution in [0.15, 0.2) is 0 Å². The van der Waals surface area contributed by atoms with Crippen molar-refractivity contribution in [3.05, 3.63) is 15.3 Å². The summed E-state index contributed by atoms with van der Waals surface area (Å²) in [5, 5.41) is 14.8. The Morgan fingerprint density at radius 1 is 0.483 bits per heavy atom. The molecule has 0 aliphatic carbocycles. The van der Waals surface area contributed by atoms with Gasteiger partial charge in [-0.05, 0) is 38.5 Å². The van der Waals surface area contributed by atoms with E-state index in [1.54, 1.807) is 0 Å². The second-order valence-corrected chi connectivity index (χ2v) is 8.53. The summed E-state index contributed by atoms with van der Waals surface area (Å²) >= 11 is 0. The van der Waals surface area contributed by atoms with Crippen molar-refractivity contribution in [1.29, 1.82) is 0 Å². The minimum Gasteiger partial charge on any atom is -0.356 e. The molecule has 0 atom stereocenters. The van der Waals surface area contributed by atoms with Gasteiger partial charge < -0.3 is 20.2 Å². The topological polar surface area (TPSA) is 70.6 Å². The van der Waals surface area contributed by atoms with E-state index in [4.69, 9.17) is 15.3 Å². The Labute approximate surface area is 181 Å². The van der Waals surface area contributed by atoms with Crippen molar-refractivity contribution in [2.45, 2.75) is 136 Å². The maximum Gasteiger partial charge on any atom is 0.0770 e. The Bertz CT molecular complexity index is 272. The average molecular weight is 417 g/mol. The van der Waals surface area contributed by atoms with E-state index in [9.17, 15) is 0 Å². The number of quaternary nitrogens is 1. The Morgan fingerprint density at radius 2 is 0.690 bits per heavy atom. The van der Waals surface area contributed by atoms with Gasteiger partial charge in [0.2, 0.25) is 0 Å². The first-order chi connectivity index (χ1) is 14.1.